The van der Waals surface area contributed by atoms with E-state index in [1.807, 2.05) is 0 Å². The van der Waals surface area contributed by atoms with Crippen molar-refractivity contribution in [2.75, 3.05) is 33.5 Å². The molecule has 1 N–H and O–H groups in total. The van der Waals surface area contributed by atoms with Crippen LogP contribution in [-0.4, -0.2) is 62.3 Å². The van der Waals surface area contributed by atoms with Gasteiger partial charge in [-0.2, -0.15) is 4.31 Å². The Morgan fingerprint density at radius 2 is 1.94 bits per heavy atom. The lowest BCUT2D eigenvalue weighted by atomic mass is 10.2. The van der Waals surface area contributed by atoms with Gasteiger partial charge in [-0.3, -0.25) is 4.79 Å². The normalized spacial score (nSPS) is 16.5. The third kappa shape index (κ3) is 5.59. The average Bonchev–Trinajstić information content (AvgIpc) is 3.32. The number of hydrogen-bond donors (Lipinski definition) is 1. The van der Waals surface area contributed by atoms with Gasteiger partial charge in [0, 0.05) is 20.3 Å². The minimum atomic E-state index is -3.88. The molecule has 1 fully saturated rings. The summed E-state index contributed by atoms with van der Waals surface area (Å²) in [5.74, 6) is 0.831. The number of nitrogens with zero attached hydrogens (tertiary/aromatic N) is 2. The number of benzene rings is 2. The second-order valence-corrected chi connectivity index (χ2v) is 9.71. The molecule has 1 aliphatic heterocycles. The predicted octanol–water partition coefficient (Wildman–Crippen LogP) is 2.32. The highest BCUT2D eigenvalue weighted by Crippen LogP contribution is 2.23. The molecule has 1 saturated heterocycles. The molecule has 9 nitrogen and oxygen atoms in total. The summed E-state index contributed by atoms with van der Waals surface area (Å²) in [5.41, 5.74) is 0.214. The Bertz CT molecular complexity index is 1240. The molecule has 0 bridgehead atoms. The molecule has 0 unspecified atom stereocenters. The molecular weight excluding hydrogens is 446 g/mol. The van der Waals surface area contributed by atoms with Gasteiger partial charge in [-0.25, -0.2) is 13.4 Å². The van der Waals surface area contributed by atoms with E-state index in [9.17, 15) is 13.2 Å². The maximum absolute atomic E-state index is 13.5. The first-order chi connectivity index (χ1) is 16.0. The maximum atomic E-state index is 13.5. The zero-order chi connectivity index (χ0) is 23.3. The van der Waals surface area contributed by atoms with Gasteiger partial charge in [-0.15, -0.1) is 0 Å². The third-order valence-electron chi connectivity index (χ3n) is 5.44. The number of ether oxygens (including phenoxy) is 3. The number of aromatic nitrogens is 2. The molecular formula is C23H27N3O6S. The number of H-pyrrole nitrogens is 1. The smallest absolute Gasteiger partial charge is 0.258 e. The summed E-state index contributed by atoms with van der Waals surface area (Å²) >= 11 is 0. The van der Waals surface area contributed by atoms with E-state index >= 15 is 0 Å². The SMILES string of the molecule is COCCOc1ccc(S(=O)(=O)N(Cc2nc3ccccc3c(=O)[nH]2)C[C@@H]2CCCO2)cc1. The van der Waals surface area contributed by atoms with Crippen LogP contribution in [0.4, 0.5) is 0 Å². The molecule has 1 aromatic heterocycles. The van der Waals surface area contributed by atoms with E-state index in [0.29, 0.717) is 36.5 Å². The number of fused-ring (bicyclic) bond motifs is 1. The van der Waals surface area contributed by atoms with Gasteiger partial charge in [0.1, 0.15) is 18.2 Å². The van der Waals surface area contributed by atoms with Gasteiger partial charge in [0.2, 0.25) is 10.0 Å². The van der Waals surface area contributed by atoms with E-state index in [1.165, 1.54) is 16.4 Å². The van der Waals surface area contributed by atoms with Crippen molar-refractivity contribution in [1.29, 1.82) is 0 Å². The van der Waals surface area contributed by atoms with Crippen LogP contribution < -0.4 is 10.3 Å². The molecule has 4 rings (SSSR count). The van der Waals surface area contributed by atoms with E-state index in [0.717, 1.165) is 12.8 Å². The van der Waals surface area contributed by atoms with E-state index < -0.39 is 10.0 Å². The van der Waals surface area contributed by atoms with Gasteiger partial charge in [0.05, 0.1) is 35.1 Å². The number of sulfonamides is 1. The second-order valence-electron chi connectivity index (χ2n) is 7.78. The van der Waals surface area contributed by atoms with Gasteiger partial charge in [0.25, 0.3) is 5.56 Å². The van der Waals surface area contributed by atoms with Crippen molar-refractivity contribution in [2.24, 2.45) is 0 Å². The van der Waals surface area contributed by atoms with Gasteiger partial charge in [-0.1, -0.05) is 12.1 Å². The lowest BCUT2D eigenvalue weighted by Crippen LogP contribution is -2.37. The van der Waals surface area contributed by atoms with Crippen molar-refractivity contribution in [3.05, 3.63) is 64.7 Å². The molecule has 1 atom stereocenters. The Morgan fingerprint density at radius 1 is 1.15 bits per heavy atom. The van der Waals surface area contributed by atoms with Crippen molar-refractivity contribution in [3.8, 4) is 5.75 Å². The minimum Gasteiger partial charge on any atom is -0.491 e. The van der Waals surface area contributed by atoms with E-state index in [2.05, 4.69) is 9.97 Å². The molecule has 176 valence electrons. The van der Waals surface area contributed by atoms with Crippen molar-refractivity contribution < 1.29 is 22.6 Å². The van der Waals surface area contributed by atoms with Crippen LogP contribution in [0.2, 0.25) is 0 Å². The fraction of sp³-hybridized carbons (Fsp3) is 0.391. The summed E-state index contributed by atoms with van der Waals surface area (Å²) in [6.45, 7) is 1.51. The first kappa shape index (κ1) is 23.4. The second kappa shape index (κ2) is 10.4. The molecule has 0 saturated carbocycles. The summed E-state index contributed by atoms with van der Waals surface area (Å²) in [6.07, 6.45) is 1.46. The molecule has 0 aliphatic carbocycles. The van der Waals surface area contributed by atoms with Crippen LogP contribution in [0, 0.1) is 0 Å². The average molecular weight is 474 g/mol. The molecule has 2 heterocycles. The maximum Gasteiger partial charge on any atom is 0.258 e. The summed E-state index contributed by atoms with van der Waals surface area (Å²) in [4.78, 5) is 19.8. The van der Waals surface area contributed by atoms with Crippen LogP contribution in [0.25, 0.3) is 10.9 Å². The Kier molecular flexibility index (Phi) is 7.39. The van der Waals surface area contributed by atoms with Crippen molar-refractivity contribution in [2.45, 2.75) is 30.4 Å². The monoisotopic (exact) mass is 473 g/mol. The van der Waals surface area contributed by atoms with Crippen LogP contribution in [0.1, 0.15) is 18.7 Å². The van der Waals surface area contributed by atoms with Crippen molar-refractivity contribution in [3.63, 3.8) is 0 Å². The zero-order valence-corrected chi connectivity index (χ0v) is 19.2. The highest BCUT2D eigenvalue weighted by Gasteiger charge is 2.30. The zero-order valence-electron chi connectivity index (χ0n) is 18.4. The summed E-state index contributed by atoms with van der Waals surface area (Å²) in [7, 11) is -2.30. The first-order valence-electron chi connectivity index (χ1n) is 10.8. The first-order valence-corrected chi connectivity index (χ1v) is 12.2. The van der Waals surface area contributed by atoms with Gasteiger partial charge in [-0.05, 0) is 49.2 Å². The highest BCUT2D eigenvalue weighted by molar-refractivity contribution is 7.89. The molecule has 0 amide bonds. The summed E-state index contributed by atoms with van der Waals surface area (Å²) < 4.78 is 44.6. The Hall–Kier alpha value is -2.79. The molecule has 0 spiro atoms. The van der Waals surface area contributed by atoms with Crippen LogP contribution in [-0.2, 0) is 26.0 Å². The fourth-order valence-electron chi connectivity index (χ4n) is 3.74. The number of para-hydroxylation sites is 1. The van der Waals surface area contributed by atoms with Crippen LogP contribution in [0.15, 0.2) is 58.2 Å². The Morgan fingerprint density at radius 3 is 2.67 bits per heavy atom. The van der Waals surface area contributed by atoms with Crippen molar-refractivity contribution in [1.82, 2.24) is 14.3 Å². The molecule has 33 heavy (non-hydrogen) atoms. The molecule has 3 aromatic rings. The molecule has 10 heteroatoms. The van der Waals surface area contributed by atoms with Crippen LogP contribution in [0.3, 0.4) is 0 Å². The predicted molar refractivity (Wildman–Crippen MR) is 123 cm³/mol. The fourth-order valence-corrected chi connectivity index (χ4v) is 5.17. The van der Waals surface area contributed by atoms with Crippen molar-refractivity contribution >= 4 is 20.9 Å². The van der Waals surface area contributed by atoms with Crippen LogP contribution >= 0.6 is 0 Å². The number of aromatic amines is 1. The largest absolute Gasteiger partial charge is 0.491 e. The van der Waals surface area contributed by atoms with Gasteiger partial charge in [0.15, 0.2) is 0 Å². The Labute approximate surface area is 192 Å². The summed E-state index contributed by atoms with van der Waals surface area (Å²) in [6, 6.07) is 13.2. The van der Waals surface area contributed by atoms with E-state index in [4.69, 9.17) is 14.2 Å². The van der Waals surface area contributed by atoms with E-state index in [-0.39, 0.29) is 35.5 Å². The quantitative estimate of drug-likeness (QED) is 0.450. The lowest BCUT2D eigenvalue weighted by molar-refractivity contribution is 0.0921. The highest BCUT2D eigenvalue weighted by atomic mass is 32.2. The number of rotatable bonds is 10. The topological polar surface area (TPSA) is 111 Å². The number of nitrogens with one attached hydrogen (secondary N) is 1. The molecule has 2 aromatic carbocycles. The Balaban J connectivity index is 1.61. The number of hydrogen-bond acceptors (Lipinski definition) is 7. The standard InChI is InChI=1S/C23H27N3O6S/c1-30-13-14-32-17-8-10-19(11-9-17)33(28,29)26(15-18-5-4-12-31-18)16-22-24-21-7-3-2-6-20(21)23(27)25-22/h2-3,6-11,18H,4-5,12-16H2,1H3,(H,24,25,27)/t18-/m0/s1. The number of methoxy groups -OCH3 is 1. The van der Waals surface area contributed by atoms with Gasteiger partial charge >= 0.3 is 0 Å². The molecule has 1 aliphatic rings. The third-order valence-corrected chi connectivity index (χ3v) is 7.26. The lowest BCUT2D eigenvalue weighted by Gasteiger charge is -2.24. The summed E-state index contributed by atoms with van der Waals surface area (Å²) in [5, 5.41) is 0.457. The minimum absolute atomic E-state index is 0.0750. The van der Waals surface area contributed by atoms with E-state index in [1.54, 1.807) is 43.5 Å². The van der Waals surface area contributed by atoms with Crippen LogP contribution in [0.5, 0.6) is 5.75 Å². The van der Waals surface area contributed by atoms with Gasteiger partial charge < -0.3 is 19.2 Å². The molecule has 0 radical (unpaired) electrons.